The van der Waals surface area contributed by atoms with E-state index in [-0.39, 0.29) is 6.42 Å². The van der Waals surface area contributed by atoms with E-state index in [4.69, 9.17) is 0 Å². The summed E-state index contributed by atoms with van der Waals surface area (Å²) in [5, 5.41) is 8.02. The highest BCUT2D eigenvalue weighted by molar-refractivity contribution is 9.10. The molecule has 6 nitrogen and oxygen atoms in total. The van der Waals surface area contributed by atoms with Crippen molar-refractivity contribution in [2.75, 3.05) is 0 Å². The average Bonchev–Trinajstić information content (AvgIpc) is 2.65. The highest BCUT2D eigenvalue weighted by atomic mass is 79.9. The first kappa shape index (κ1) is 21.0. The van der Waals surface area contributed by atoms with Crippen LogP contribution >= 0.6 is 31.9 Å². The third-order valence-electron chi connectivity index (χ3n) is 3.54. The molecule has 2 aromatic rings. The highest BCUT2D eigenvalue weighted by Gasteiger charge is 2.09. The molecule has 2 amide bonds. The van der Waals surface area contributed by atoms with Crippen LogP contribution in [0.15, 0.2) is 67.7 Å². The lowest BCUT2D eigenvalue weighted by molar-refractivity contribution is -0.129. The maximum Gasteiger partial charge on any atom is 0.249 e. The third kappa shape index (κ3) is 7.07. The maximum atomic E-state index is 11.9. The molecule has 0 unspecified atom stereocenters. The van der Waals surface area contributed by atoms with E-state index in [1.165, 1.54) is 0 Å². The van der Waals surface area contributed by atoms with Crippen LogP contribution < -0.4 is 10.9 Å². The van der Waals surface area contributed by atoms with Crippen LogP contribution in [0.2, 0.25) is 0 Å². The van der Waals surface area contributed by atoms with Crippen LogP contribution in [0.4, 0.5) is 0 Å². The number of amides is 2. The fourth-order valence-electron chi connectivity index (χ4n) is 2.03. The van der Waals surface area contributed by atoms with Gasteiger partial charge in [-0.2, -0.15) is 10.2 Å². The summed E-state index contributed by atoms with van der Waals surface area (Å²) >= 11 is 6.72. The molecule has 0 heterocycles. The summed E-state index contributed by atoms with van der Waals surface area (Å²) in [5.74, 6) is -1.03. The van der Waals surface area contributed by atoms with Crippen molar-refractivity contribution in [3.63, 3.8) is 0 Å². The summed E-state index contributed by atoms with van der Waals surface area (Å²) in [6.45, 7) is 3.55. The summed E-state index contributed by atoms with van der Waals surface area (Å²) in [6.07, 6.45) is -0.367. The number of hydrogen-bond donors (Lipinski definition) is 2. The molecule has 0 saturated carbocycles. The van der Waals surface area contributed by atoms with Gasteiger partial charge in [-0.3, -0.25) is 9.59 Å². The number of nitrogens with one attached hydrogen (secondary N) is 2. The second-order valence-electron chi connectivity index (χ2n) is 5.65. The lowest BCUT2D eigenvalue weighted by atomic mass is 10.1. The van der Waals surface area contributed by atoms with Crippen LogP contribution in [-0.2, 0) is 9.59 Å². The third-order valence-corrected chi connectivity index (χ3v) is 4.60. The molecule has 0 aliphatic heterocycles. The second-order valence-corrected chi connectivity index (χ2v) is 7.49. The first-order valence-electron chi connectivity index (χ1n) is 8.03. The Labute approximate surface area is 174 Å². The lowest BCUT2D eigenvalue weighted by Gasteiger charge is -2.04. The Kier molecular flexibility index (Phi) is 7.87. The molecule has 0 aliphatic rings. The van der Waals surface area contributed by atoms with Crippen molar-refractivity contribution in [2.24, 2.45) is 10.2 Å². The average molecular weight is 494 g/mol. The van der Waals surface area contributed by atoms with Gasteiger partial charge in [-0.25, -0.2) is 10.9 Å². The molecule has 0 aromatic heterocycles. The minimum atomic E-state index is -0.513. The van der Waals surface area contributed by atoms with Crippen LogP contribution in [0.25, 0.3) is 0 Å². The normalized spacial score (nSPS) is 11.9. The largest absolute Gasteiger partial charge is 0.273 e. The van der Waals surface area contributed by atoms with E-state index in [0.29, 0.717) is 11.4 Å². The first-order valence-corrected chi connectivity index (χ1v) is 9.62. The van der Waals surface area contributed by atoms with Gasteiger partial charge in [0.25, 0.3) is 0 Å². The standard InChI is InChI=1S/C19H18Br2N4O2/c1-12(14-3-7-16(20)8-4-14)22-24-18(26)11-19(27)25-23-13(2)15-5-9-17(21)10-6-15/h3-10H,11H2,1-2H3,(H,24,26)(H,25,27). The van der Waals surface area contributed by atoms with E-state index < -0.39 is 11.8 Å². The Hall–Kier alpha value is -2.32. The Morgan fingerprint density at radius 3 is 1.41 bits per heavy atom. The number of benzene rings is 2. The molecule has 140 valence electrons. The molecule has 2 N–H and O–H groups in total. The predicted octanol–water partition coefficient (Wildman–Crippen LogP) is 3.98. The fraction of sp³-hybridized carbons (Fsp3) is 0.158. The van der Waals surface area contributed by atoms with E-state index in [0.717, 1.165) is 20.1 Å². The van der Waals surface area contributed by atoms with Crippen LogP contribution in [0, 0.1) is 0 Å². The van der Waals surface area contributed by atoms with Gasteiger partial charge in [0, 0.05) is 8.95 Å². The number of rotatable bonds is 6. The van der Waals surface area contributed by atoms with Crippen molar-refractivity contribution in [1.29, 1.82) is 0 Å². The number of hydrogen-bond acceptors (Lipinski definition) is 4. The predicted molar refractivity (Wildman–Crippen MR) is 114 cm³/mol. The van der Waals surface area contributed by atoms with Gasteiger partial charge in [-0.1, -0.05) is 56.1 Å². The van der Waals surface area contributed by atoms with Gasteiger partial charge >= 0.3 is 0 Å². The zero-order chi connectivity index (χ0) is 19.8. The van der Waals surface area contributed by atoms with Crippen LogP contribution in [0.3, 0.4) is 0 Å². The molecule has 0 bridgehead atoms. The molecule has 0 atom stereocenters. The van der Waals surface area contributed by atoms with Gasteiger partial charge in [0.1, 0.15) is 6.42 Å². The Bertz CT molecular complexity index is 802. The van der Waals surface area contributed by atoms with Crippen molar-refractivity contribution in [2.45, 2.75) is 20.3 Å². The first-order chi connectivity index (χ1) is 12.8. The van der Waals surface area contributed by atoms with Gasteiger partial charge in [-0.05, 0) is 49.2 Å². The minimum absolute atomic E-state index is 0.367. The van der Waals surface area contributed by atoms with E-state index in [1.807, 2.05) is 48.5 Å². The molecule has 2 aromatic carbocycles. The van der Waals surface area contributed by atoms with Gasteiger partial charge in [0.15, 0.2) is 0 Å². The maximum absolute atomic E-state index is 11.9. The molecule has 0 spiro atoms. The van der Waals surface area contributed by atoms with E-state index >= 15 is 0 Å². The number of carbonyl (C=O) groups excluding carboxylic acids is 2. The summed E-state index contributed by atoms with van der Waals surface area (Å²) in [4.78, 5) is 23.7. The van der Waals surface area contributed by atoms with Crippen molar-refractivity contribution < 1.29 is 9.59 Å². The SMILES string of the molecule is CC(=NNC(=O)CC(=O)NN=C(C)c1ccc(Br)cc1)c1ccc(Br)cc1. The molecule has 27 heavy (non-hydrogen) atoms. The molecule has 0 radical (unpaired) electrons. The quantitative estimate of drug-likeness (QED) is 0.362. The lowest BCUT2D eigenvalue weighted by Crippen LogP contribution is -2.28. The summed E-state index contributed by atoms with van der Waals surface area (Å²) < 4.78 is 1.91. The topological polar surface area (TPSA) is 82.9 Å². The molecule has 8 heteroatoms. The van der Waals surface area contributed by atoms with Crippen molar-refractivity contribution >= 4 is 55.1 Å². The molecule has 2 rings (SSSR count). The number of halogens is 2. The molecule has 0 fully saturated rings. The minimum Gasteiger partial charge on any atom is -0.273 e. The van der Waals surface area contributed by atoms with Gasteiger partial charge < -0.3 is 0 Å². The molecule has 0 aliphatic carbocycles. The zero-order valence-electron chi connectivity index (χ0n) is 14.8. The molecular formula is C19H18Br2N4O2. The van der Waals surface area contributed by atoms with Gasteiger partial charge in [0.2, 0.25) is 11.8 Å². The van der Waals surface area contributed by atoms with Crippen LogP contribution in [0.1, 0.15) is 31.4 Å². The smallest absolute Gasteiger partial charge is 0.249 e. The van der Waals surface area contributed by atoms with E-state index in [2.05, 4.69) is 52.9 Å². The Balaban J connectivity index is 1.85. The van der Waals surface area contributed by atoms with Crippen molar-refractivity contribution in [1.82, 2.24) is 10.9 Å². The monoisotopic (exact) mass is 492 g/mol. The second kappa shape index (κ2) is 10.1. The van der Waals surface area contributed by atoms with Gasteiger partial charge in [-0.15, -0.1) is 0 Å². The van der Waals surface area contributed by atoms with E-state index in [1.54, 1.807) is 13.8 Å². The number of nitrogens with zero attached hydrogens (tertiary/aromatic N) is 2. The Morgan fingerprint density at radius 2 is 1.07 bits per heavy atom. The van der Waals surface area contributed by atoms with Crippen molar-refractivity contribution in [3.8, 4) is 0 Å². The van der Waals surface area contributed by atoms with Gasteiger partial charge in [0.05, 0.1) is 11.4 Å². The summed E-state index contributed by atoms with van der Waals surface area (Å²) in [7, 11) is 0. The summed E-state index contributed by atoms with van der Waals surface area (Å²) in [6, 6.07) is 15.0. The zero-order valence-corrected chi connectivity index (χ0v) is 18.0. The van der Waals surface area contributed by atoms with Crippen LogP contribution in [-0.4, -0.2) is 23.2 Å². The summed E-state index contributed by atoms with van der Waals surface area (Å²) in [5.41, 5.74) is 7.77. The van der Waals surface area contributed by atoms with Crippen molar-refractivity contribution in [3.05, 3.63) is 68.6 Å². The van der Waals surface area contributed by atoms with Crippen LogP contribution in [0.5, 0.6) is 0 Å². The molecule has 0 saturated heterocycles. The number of carbonyl (C=O) groups is 2. The Morgan fingerprint density at radius 1 is 0.741 bits per heavy atom. The highest BCUT2D eigenvalue weighted by Crippen LogP contribution is 2.12. The van der Waals surface area contributed by atoms with E-state index in [9.17, 15) is 9.59 Å². The number of hydrazone groups is 2. The fourth-order valence-corrected chi connectivity index (χ4v) is 2.56. The molecular weight excluding hydrogens is 476 g/mol.